The molecule has 1 atom stereocenters. The van der Waals surface area contributed by atoms with Gasteiger partial charge < -0.3 is 20.1 Å². The summed E-state index contributed by atoms with van der Waals surface area (Å²) in [5.41, 5.74) is 7.33. The standard InChI is InChI=1S/C21H20F3N3O3S/c1-29-19(16-4-2-3-5-17(16)22)20(28)27-11-13(18(25)12-27)10-26-31-15-8-6-14(7-9-15)30-21(23)24/h2-10,19,21H,11-12,25H2,1H3/b26-10+. The molecule has 1 heterocycles. The Morgan fingerprint density at radius 3 is 2.55 bits per heavy atom. The molecule has 6 nitrogen and oxygen atoms in total. The molecular formula is C21H20F3N3O3S. The summed E-state index contributed by atoms with van der Waals surface area (Å²) >= 11 is 1.12. The van der Waals surface area contributed by atoms with E-state index < -0.39 is 24.4 Å². The zero-order valence-corrected chi connectivity index (χ0v) is 17.3. The molecule has 0 spiro atoms. The van der Waals surface area contributed by atoms with Gasteiger partial charge in [-0.25, -0.2) is 8.79 Å². The lowest BCUT2D eigenvalue weighted by atomic mass is 10.1. The molecule has 10 heteroatoms. The Bertz CT molecular complexity index is 983. The third-order valence-electron chi connectivity index (χ3n) is 4.51. The van der Waals surface area contributed by atoms with E-state index in [0.717, 1.165) is 11.9 Å². The van der Waals surface area contributed by atoms with Gasteiger partial charge in [0, 0.05) is 53.5 Å². The summed E-state index contributed by atoms with van der Waals surface area (Å²) in [7, 11) is 1.35. The van der Waals surface area contributed by atoms with Gasteiger partial charge >= 0.3 is 6.61 Å². The van der Waals surface area contributed by atoms with Crippen LogP contribution in [0.4, 0.5) is 13.2 Å². The first kappa shape index (κ1) is 22.7. The summed E-state index contributed by atoms with van der Waals surface area (Å²) in [5, 5.41) is 0. The molecule has 1 aliphatic rings. The topological polar surface area (TPSA) is 77.2 Å². The van der Waals surface area contributed by atoms with Crippen LogP contribution in [0, 0.1) is 5.82 Å². The molecule has 0 aliphatic carbocycles. The maximum atomic E-state index is 14.1. The molecule has 0 radical (unpaired) electrons. The predicted octanol–water partition coefficient (Wildman–Crippen LogP) is 3.95. The molecule has 0 bridgehead atoms. The highest BCUT2D eigenvalue weighted by molar-refractivity contribution is 7.98. The van der Waals surface area contributed by atoms with Crippen molar-refractivity contribution < 1.29 is 27.4 Å². The minimum Gasteiger partial charge on any atom is -0.435 e. The fourth-order valence-electron chi connectivity index (χ4n) is 3.00. The number of amides is 1. The molecule has 0 fully saturated rings. The molecule has 1 amide bonds. The van der Waals surface area contributed by atoms with E-state index in [4.69, 9.17) is 10.5 Å². The van der Waals surface area contributed by atoms with Gasteiger partial charge in [0.2, 0.25) is 0 Å². The number of methoxy groups -OCH3 is 1. The summed E-state index contributed by atoms with van der Waals surface area (Å²) in [6.07, 6.45) is 0.468. The Hall–Kier alpha value is -2.98. The Morgan fingerprint density at radius 2 is 1.90 bits per heavy atom. The molecule has 1 unspecified atom stereocenters. The fraction of sp³-hybridized carbons (Fsp3) is 0.238. The van der Waals surface area contributed by atoms with Gasteiger partial charge in [-0.2, -0.15) is 8.78 Å². The largest absolute Gasteiger partial charge is 0.435 e. The molecule has 0 saturated heterocycles. The second-order valence-corrected chi connectivity index (χ2v) is 7.42. The Labute approximate surface area is 181 Å². The van der Waals surface area contributed by atoms with E-state index in [-0.39, 0.29) is 24.4 Å². The summed E-state index contributed by atoms with van der Waals surface area (Å²) in [6, 6.07) is 12.0. The van der Waals surface area contributed by atoms with Crippen LogP contribution in [-0.2, 0) is 9.53 Å². The van der Waals surface area contributed by atoms with E-state index in [2.05, 4.69) is 9.13 Å². The van der Waals surface area contributed by atoms with E-state index in [1.807, 2.05) is 0 Å². The van der Waals surface area contributed by atoms with Crippen LogP contribution in [0.25, 0.3) is 0 Å². The van der Waals surface area contributed by atoms with E-state index >= 15 is 0 Å². The monoisotopic (exact) mass is 451 g/mol. The van der Waals surface area contributed by atoms with Crippen LogP contribution < -0.4 is 10.5 Å². The van der Waals surface area contributed by atoms with Crippen LogP contribution in [0.15, 0.2) is 69.1 Å². The molecular weight excluding hydrogens is 431 g/mol. The lowest BCUT2D eigenvalue weighted by Gasteiger charge is -2.23. The van der Waals surface area contributed by atoms with E-state index in [9.17, 15) is 18.0 Å². The first-order valence-electron chi connectivity index (χ1n) is 9.17. The molecule has 31 heavy (non-hydrogen) atoms. The van der Waals surface area contributed by atoms with E-state index in [1.54, 1.807) is 24.4 Å². The number of benzene rings is 2. The number of alkyl halides is 2. The lowest BCUT2D eigenvalue weighted by molar-refractivity contribution is -0.141. The van der Waals surface area contributed by atoms with Gasteiger partial charge in [-0.3, -0.25) is 4.79 Å². The minimum absolute atomic E-state index is 0.0581. The molecule has 2 aromatic rings. The summed E-state index contributed by atoms with van der Waals surface area (Å²) < 4.78 is 52.2. The van der Waals surface area contributed by atoms with Crippen LogP contribution in [0.1, 0.15) is 11.7 Å². The first-order valence-corrected chi connectivity index (χ1v) is 9.95. The second kappa shape index (κ2) is 10.4. The Morgan fingerprint density at radius 1 is 1.19 bits per heavy atom. The Balaban J connectivity index is 1.60. The number of rotatable bonds is 8. The van der Waals surface area contributed by atoms with E-state index in [0.29, 0.717) is 16.2 Å². The van der Waals surface area contributed by atoms with Gasteiger partial charge in [-0.05, 0) is 30.3 Å². The molecule has 3 rings (SSSR count). The average molecular weight is 451 g/mol. The number of hydrogen-bond donors (Lipinski definition) is 1. The van der Waals surface area contributed by atoms with Crippen molar-refractivity contribution in [2.24, 2.45) is 10.1 Å². The molecule has 2 N–H and O–H groups in total. The van der Waals surface area contributed by atoms with Crippen LogP contribution in [0.2, 0.25) is 0 Å². The zero-order valence-electron chi connectivity index (χ0n) is 16.5. The molecule has 0 aromatic heterocycles. The van der Waals surface area contributed by atoms with Gasteiger partial charge in [0.05, 0.1) is 6.54 Å². The highest BCUT2D eigenvalue weighted by atomic mass is 32.2. The molecule has 0 saturated carbocycles. The van der Waals surface area contributed by atoms with Crippen molar-refractivity contribution in [2.45, 2.75) is 17.6 Å². The predicted molar refractivity (Wildman–Crippen MR) is 111 cm³/mol. The molecule has 164 valence electrons. The highest BCUT2D eigenvalue weighted by Crippen LogP contribution is 2.26. The third-order valence-corrected chi connectivity index (χ3v) is 5.20. The Kier molecular flexibility index (Phi) is 7.59. The van der Waals surface area contributed by atoms with Crippen LogP contribution in [0.5, 0.6) is 5.75 Å². The number of carbonyl (C=O) groups is 1. The van der Waals surface area contributed by atoms with Crippen molar-refractivity contribution in [1.82, 2.24) is 4.90 Å². The normalized spacial score (nSPS) is 15.2. The van der Waals surface area contributed by atoms with Gasteiger partial charge in [-0.15, -0.1) is 0 Å². The number of halogens is 3. The lowest BCUT2D eigenvalue weighted by Crippen LogP contribution is -2.35. The summed E-state index contributed by atoms with van der Waals surface area (Å²) in [6.45, 7) is -2.49. The average Bonchev–Trinajstić information content (AvgIpc) is 3.11. The van der Waals surface area contributed by atoms with Crippen LogP contribution in [0.3, 0.4) is 0 Å². The van der Waals surface area contributed by atoms with Gasteiger partial charge in [0.1, 0.15) is 11.6 Å². The summed E-state index contributed by atoms with van der Waals surface area (Å²) in [4.78, 5) is 15.0. The van der Waals surface area contributed by atoms with Crippen LogP contribution in [-0.4, -0.2) is 43.8 Å². The van der Waals surface area contributed by atoms with E-state index in [1.165, 1.54) is 42.3 Å². The zero-order chi connectivity index (χ0) is 22.4. The van der Waals surface area contributed by atoms with Crippen molar-refractivity contribution >= 4 is 24.1 Å². The van der Waals surface area contributed by atoms with Crippen LogP contribution >= 0.6 is 11.9 Å². The smallest absolute Gasteiger partial charge is 0.387 e. The fourth-order valence-corrected chi connectivity index (χ4v) is 3.56. The van der Waals surface area contributed by atoms with Gasteiger partial charge in [0.15, 0.2) is 6.10 Å². The van der Waals surface area contributed by atoms with Gasteiger partial charge in [0.25, 0.3) is 5.91 Å². The maximum Gasteiger partial charge on any atom is 0.387 e. The maximum absolute atomic E-state index is 14.1. The second-order valence-electron chi connectivity index (χ2n) is 6.56. The highest BCUT2D eigenvalue weighted by Gasteiger charge is 2.31. The van der Waals surface area contributed by atoms with Crippen molar-refractivity contribution in [3.05, 3.63) is 71.2 Å². The number of nitrogens with two attached hydrogens (primary N) is 1. The minimum atomic E-state index is -2.88. The van der Waals surface area contributed by atoms with Crippen molar-refractivity contribution in [1.29, 1.82) is 0 Å². The number of hydrogen-bond acceptors (Lipinski definition) is 6. The van der Waals surface area contributed by atoms with Crippen molar-refractivity contribution in [3.8, 4) is 5.75 Å². The SMILES string of the molecule is COC(C(=O)N1CC(N)=C(/C=N/Sc2ccc(OC(F)F)cc2)C1)c1ccccc1F. The molecule has 2 aromatic carbocycles. The number of nitrogens with zero attached hydrogens (tertiary/aromatic N) is 2. The third kappa shape index (κ3) is 5.80. The van der Waals surface area contributed by atoms with Gasteiger partial charge in [-0.1, -0.05) is 18.2 Å². The van der Waals surface area contributed by atoms with Crippen molar-refractivity contribution in [2.75, 3.05) is 20.2 Å². The number of ether oxygens (including phenoxy) is 2. The summed E-state index contributed by atoms with van der Waals surface area (Å²) in [5.74, 6) is -0.866. The number of carbonyl (C=O) groups excluding carboxylic acids is 1. The van der Waals surface area contributed by atoms with Crippen molar-refractivity contribution in [3.63, 3.8) is 0 Å². The quantitative estimate of drug-likeness (QED) is 0.486. The molecule has 1 aliphatic heterocycles. The first-order chi connectivity index (χ1) is 14.9.